The van der Waals surface area contributed by atoms with Gasteiger partial charge in [0.05, 0.1) is 26.4 Å². The second kappa shape index (κ2) is 50.6. The van der Waals surface area contributed by atoms with Crippen molar-refractivity contribution in [3.8, 4) is 0 Å². The Labute approximate surface area is 390 Å². The number of hydrogen-bond donors (Lipinski definition) is 3. The van der Waals surface area contributed by atoms with E-state index in [1.165, 1.54) is 225 Å². The highest BCUT2D eigenvalue weighted by atomic mass is 31.2. The molecular weight excluding hydrogens is 812 g/mol. The first-order valence-electron chi connectivity index (χ1n) is 27.2. The van der Waals surface area contributed by atoms with Crippen molar-refractivity contribution in [2.24, 2.45) is 0 Å². The number of carbonyl (C=O) groups is 1. The van der Waals surface area contributed by atoms with Crippen LogP contribution >= 0.6 is 7.82 Å². The molecule has 376 valence electrons. The van der Waals surface area contributed by atoms with E-state index in [1.807, 2.05) is 0 Å². The first-order chi connectivity index (χ1) is 30.8. The first-order valence-corrected chi connectivity index (χ1v) is 28.7. The Morgan fingerprint density at radius 2 is 0.810 bits per heavy atom. The highest BCUT2D eigenvalue weighted by Crippen LogP contribution is 2.43. The van der Waals surface area contributed by atoms with Crippen molar-refractivity contribution in [3.05, 3.63) is 12.2 Å². The minimum absolute atomic E-state index is 0.0554. The number of phosphoric acid groups is 1. The molecule has 9 nitrogen and oxygen atoms in total. The third-order valence-corrected chi connectivity index (χ3v) is 13.2. The van der Waals surface area contributed by atoms with Gasteiger partial charge >= 0.3 is 13.8 Å². The molecular formula is C53H105O9P. The molecule has 0 aromatic carbocycles. The topological polar surface area (TPSA) is 132 Å². The maximum Gasteiger partial charge on any atom is 0.472 e. The van der Waals surface area contributed by atoms with Gasteiger partial charge in [-0.2, -0.15) is 0 Å². The number of aliphatic hydroxyl groups is 2. The average molecular weight is 917 g/mol. The summed E-state index contributed by atoms with van der Waals surface area (Å²) in [6.07, 6.45) is 54.7. The molecule has 63 heavy (non-hydrogen) atoms. The minimum Gasteiger partial charge on any atom is -0.457 e. The molecule has 3 N–H and O–H groups in total. The van der Waals surface area contributed by atoms with Crippen LogP contribution in [0.1, 0.15) is 277 Å². The van der Waals surface area contributed by atoms with E-state index in [-0.39, 0.29) is 25.6 Å². The molecule has 0 aromatic rings. The van der Waals surface area contributed by atoms with E-state index >= 15 is 0 Å². The summed E-state index contributed by atoms with van der Waals surface area (Å²) in [7, 11) is -4.52. The monoisotopic (exact) mass is 917 g/mol. The molecule has 0 aliphatic heterocycles. The largest absolute Gasteiger partial charge is 0.472 e. The Kier molecular flexibility index (Phi) is 50.0. The van der Waals surface area contributed by atoms with E-state index in [1.54, 1.807) is 0 Å². The maximum absolute atomic E-state index is 12.7. The van der Waals surface area contributed by atoms with Crippen molar-refractivity contribution < 1.29 is 43.0 Å². The molecule has 10 heteroatoms. The standard InChI is InChI=1S/C53H105O9P/c1-3-5-7-9-11-13-15-17-19-21-23-25-27-29-31-33-35-37-39-41-43-45-53(56)62-52(50-61-63(57,58)60-48-51(55)47-54)49-59-46-44-42-40-38-36-34-32-30-28-26-24-22-20-18-16-14-12-10-8-6-4-2/h21,23,51-52,54-55H,3-20,22,24-50H2,1-2H3,(H,57,58)/b23-21-. The zero-order valence-electron chi connectivity index (χ0n) is 41.6. The van der Waals surface area contributed by atoms with Crippen molar-refractivity contribution in [1.29, 1.82) is 0 Å². The van der Waals surface area contributed by atoms with Gasteiger partial charge in [-0.25, -0.2) is 4.57 Å². The molecule has 3 unspecified atom stereocenters. The fourth-order valence-corrected chi connectivity index (χ4v) is 8.85. The van der Waals surface area contributed by atoms with Gasteiger partial charge in [-0.3, -0.25) is 13.8 Å². The van der Waals surface area contributed by atoms with Crippen molar-refractivity contribution in [1.82, 2.24) is 0 Å². The number of carbonyl (C=O) groups excluding carboxylic acids is 1. The summed E-state index contributed by atoms with van der Waals surface area (Å²) in [5.74, 6) is -0.377. The highest BCUT2D eigenvalue weighted by molar-refractivity contribution is 7.47. The van der Waals surface area contributed by atoms with Crippen LogP contribution in [0.5, 0.6) is 0 Å². The van der Waals surface area contributed by atoms with Crippen LogP contribution in [0.15, 0.2) is 12.2 Å². The van der Waals surface area contributed by atoms with Crippen LogP contribution in [0.25, 0.3) is 0 Å². The van der Waals surface area contributed by atoms with E-state index < -0.39 is 33.2 Å². The third-order valence-electron chi connectivity index (χ3n) is 12.2. The van der Waals surface area contributed by atoms with Gasteiger partial charge in [0.2, 0.25) is 0 Å². The Bertz CT molecular complexity index is 996. The van der Waals surface area contributed by atoms with Gasteiger partial charge in [-0.05, 0) is 38.5 Å². The minimum atomic E-state index is -4.52. The smallest absolute Gasteiger partial charge is 0.457 e. The van der Waals surface area contributed by atoms with Crippen LogP contribution in [-0.2, 0) is 27.9 Å². The van der Waals surface area contributed by atoms with Crippen molar-refractivity contribution >= 4 is 13.8 Å². The summed E-state index contributed by atoms with van der Waals surface area (Å²) < 4.78 is 33.6. The number of hydrogen-bond acceptors (Lipinski definition) is 8. The molecule has 0 heterocycles. The highest BCUT2D eigenvalue weighted by Gasteiger charge is 2.26. The molecule has 0 aliphatic rings. The number of ether oxygens (including phenoxy) is 2. The van der Waals surface area contributed by atoms with E-state index in [9.17, 15) is 19.4 Å². The van der Waals surface area contributed by atoms with Gasteiger partial charge in [-0.15, -0.1) is 0 Å². The lowest BCUT2D eigenvalue weighted by Crippen LogP contribution is -2.29. The summed E-state index contributed by atoms with van der Waals surface area (Å²) in [5.41, 5.74) is 0. The summed E-state index contributed by atoms with van der Waals surface area (Å²) in [5, 5.41) is 18.4. The van der Waals surface area contributed by atoms with Crippen molar-refractivity contribution in [3.63, 3.8) is 0 Å². The van der Waals surface area contributed by atoms with Gasteiger partial charge in [0, 0.05) is 13.0 Å². The molecule has 3 atom stereocenters. The summed E-state index contributed by atoms with van der Waals surface area (Å²) in [6, 6.07) is 0. The Hall–Kier alpha value is -0.800. The molecule has 0 rings (SSSR count). The van der Waals surface area contributed by atoms with E-state index in [0.717, 1.165) is 32.1 Å². The Balaban J connectivity index is 4.00. The quantitative estimate of drug-likeness (QED) is 0.0236. The number of aliphatic hydroxyl groups excluding tert-OH is 2. The number of rotatable bonds is 53. The molecule has 0 saturated heterocycles. The summed E-state index contributed by atoms with van der Waals surface area (Å²) >= 11 is 0. The van der Waals surface area contributed by atoms with E-state index in [4.69, 9.17) is 23.6 Å². The summed E-state index contributed by atoms with van der Waals surface area (Å²) in [6.45, 7) is 3.59. The second-order valence-electron chi connectivity index (χ2n) is 18.6. The number of phosphoric ester groups is 1. The van der Waals surface area contributed by atoms with Crippen molar-refractivity contribution in [2.75, 3.05) is 33.0 Å². The Morgan fingerprint density at radius 1 is 0.476 bits per heavy atom. The molecule has 0 aliphatic carbocycles. The first kappa shape index (κ1) is 62.2. The average Bonchev–Trinajstić information content (AvgIpc) is 3.28. The van der Waals surface area contributed by atoms with Crippen LogP contribution < -0.4 is 0 Å². The zero-order valence-corrected chi connectivity index (χ0v) is 42.5. The molecule has 0 saturated carbocycles. The Morgan fingerprint density at radius 3 is 1.19 bits per heavy atom. The molecule has 0 aromatic heterocycles. The van der Waals surface area contributed by atoms with Crippen LogP contribution in [-0.4, -0.2) is 66.3 Å². The molecule has 0 amide bonds. The number of unbranched alkanes of at least 4 members (excludes halogenated alkanes) is 37. The van der Waals surface area contributed by atoms with Crippen molar-refractivity contribution in [2.45, 2.75) is 289 Å². The lowest BCUT2D eigenvalue weighted by Gasteiger charge is -2.20. The van der Waals surface area contributed by atoms with Gasteiger partial charge in [0.1, 0.15) is 12.2 Å². The lowest BCUT2D eigenvalue weighted by atomic mass is 10.0. The molecule has 0 bridgehead atoms. The molecule has 0 fully saturated rings. The van der Waals surface area contributed by atoms with Gasteiger partial charge in [0.25, 0.3) is 0 Å². The fourth-order valence-electron chi connectivity index (χ4n) is 8.06. The zero-order chi connectivity index (χ0) is 46.0. The van der Waals surface area contributed by atoms with Crippen LogP contribution in [0, 0.1) is 0 Å². The summed E-state index contributed by atoms with van der Waals surface area (Å²) in [4.78, 5) is 22.7. The number of esters is 1. The maximum atomic E-state index is 12.7. The number of allylic oxidation sites excluding steroid dienone is 2. The van der Waals surface area contributed by atoms with E-state index in [2.05, 4.69) is 26.0 Å². The lowest BCUT2D eigenvalue weighted by molar-refractivity contribution is -0.154. The molecule has 0 spiro atoms. The normalized spacial score (nSPS) is 13.8. The fraction of sp³-hybridized carbons (Fsp3) is 0.943. The van der Waals surface area contributed by atoms with Crippen LogP contribution in [0.2, 0.25) is 0 Å². The van der Waals surface area contributed by atoms with E-state index in [0.29, 0.717) is 6.61 Å². The van der Waals surface area contributed by atoms with Gasteiger partial charge in [-0.1, -0.05) is 244 Å². The predicted molar refractivity (Wildman–Crippen MR) is 265 cm³/mol. The SMILES string of the molecule is CCCCCCCCCC/C=C\CCCCCCCCCCCC(=O)OC(COCCCCCCCCCCCCCCCCCCCCCCC)COP(=O)(O)OCC(O)CO. The van der Waals surface area contributed by atoms with Gasteiger partial charge in [0.15, 0.2) is 0 Å². The third kappa shape index (κ3) is 50.5. The van der Waals surface area contributed by atoms with Gasteiger partial charge < -0.3 is 24.6 Å². The van der Waals surface area contributed by atoms with Crippen LogP contribution in [0.4, 0.5) is 0 Å². The molecule has 0 radical (unpaired) electrons. The van der Waals surface area contributed by atoms with Crippen LogP contribution in [0.3, 0.4) is 0 Å². The predicted octanol–water partition coefficient (Wildman–Crippen LogP) is 16.0. The second-order valence-corrected chi connectivity index (χ2v) is 20.1.